The Morgan fingerprint density at radius 2 is 1.33 bits per heavy atom. The second-order valence-corrected chi connectivity index (χ2v) is 3.43. The zero-order valence-corrected chi connectivity index (χ0v) is 8.38. The van der Waals surface area contributed by atoms with Crippen molar-refractivity contribution in [1.82, 2.24) is 0 Å². The largest absolute Gasteiger partial charge is 0.388 e. The van der Waals surface area contributed by atoms with E-state index in [0.29, 0.717) is 0 Å². The molecule has 0 aromatic heterocycles. The van der Waals surface area contributed by atoms with Crippen LogP contribution in [0.15, 0.2) is 60.7 Å². The Labute approximate surface area is 90.0 Å². The van der Waals surface area contributed by atoms with Gasteiger partial charge in [-0.2, -0.15) is 0 Å². The van der Waals surface area contributed by atoms with Crippen molar-refractivity contribution < 1.29 is 5.11 Å². The summed E-state index contributed by atoms with van der Waals surface area (Å²) in [6, 6.07) is 19.5. The molecule has 0 fully saturated rings. The molecule has 1 radical (unpaired) electrons. The number of rotatable bonds is 3. The van der Waals surface area contributed by atoms with Crippen molar-refractivity contribution in [3.63, 3.8) is 0 Å². The van der Waals surface area contributed by atoms with Gasteiger partial charge in [0, 0.05) is 6.42 Å². The molecule has 0 heterocycles. The summed E-state index contributed by atoms with van der Waals surface area (Å²) < 4.78 is 0. The van der Waals surface area contributed by atoms with Gasteiger partial charge in [0.05, 0.1) is 6.10 Å². The van der Waals surface area contributed by atoms with Gasteiger partial charge in [-0.05, 0) is 11.1 Å². The highest BCUT2D eigenvalue weighted by Gasteiger charge is 2.07. The predicted molar refractivity (Wildman–Crippen MR) is 61.2 cm³/mol. The second-order valence-electron chi connectivity index (χ2n) is 3.43. The first kappa shape index (κ1) is 9.94. The van der Waals surface area contributed by atoms with Crippen molar-refractivity contribution in [3.05, 3.63) is 78.2 Å². The summed E-state index contributed by atoms with van der Waals surface area (Å²) in [5.74, 6) is 0. The van der Waals surface area contributed by atoms with Crippen molar-refractivity contribution >= 4 is 0 Å². The smallest absolute Gasteiger partial charge is 0.0865 e. The Morgan fingerprint density at radius 1 is 0.800 bits per heavy atom. The molecule has 0 spiro atoms. The number of hydrogen-bond donors (Lipinski definition) is 1. The van der Waals surface area contributed by atoms with Gasteiger partial charge in [0.1, 0.15) is 0 Å². The highest BCUT2D eigenvalue weighted by Crippen LogP contribution is 2.19. The molecular weight excluding hydrogens is 184 g/mol. The average molecular weight is 197 g/mol. The molecule has 1 heteroatoms. The molecule has 1 N–H and O–H groups in total. The molecule has 0 saturated carbocycles. The van der Waals surface area contributed by atoms with Gasteiger partial charge >= 0.3 is 0 Å². The molecule has 2 rings (SSSR count). The van der Waals surface area contributed by atoms with Crippen LogP contribution in [0, 0.1) is 6.42 Å². The third kappa shape index (κ3) is 2.67. The molecule has 75 valence electrons. The van der Waals surface area contributed by atoms with E-state index in [1.807, 2.05) is 67.1 Å². The van der Waals surface area contributed by atoms with Crippen LogP contribution in [0.4, 0.5) is 0 Å². The van der Waals surface area contributed by atoms with E-state index in [9.17, 15) is 5.11 Å². The molecule has 1 nitrogen and oxygen atoms in total. The van der Waals surface area contributed by atoms with Crippen molar-refractivity contribution in [2.24, 2.45) is 0 Å². The van der Waals surface area contributed by atoms with E-state index in [1.165, 1.54) is 0 Å². The van der Waals surface area contributed by atoms with Gasteiger partial charge in [-0.25, -0.2) is 0 Å². The van der Waals surface area contributed by atoms with Crippen LogP contribution in [0.25, 0.3) is 0 Å². The van der Waals surface area contributed by atoms with Crippen LogP contribution in [0.3, 0.4) is 0 Å². The highest BCUT2D eigenvalue weighted by molar-refractivity contribution is 5.29. The van der Waals surface area contributed by atoms with Gasteiger partial charge in [-0.3, -0.25) is 0 Å². The molecule has 0 aliphatic carbocycles. The van der Waals surface area contributed by atoms with Gasteiger partial charge in [0.2, 0.25) is 0 Å². The van der Waals surface area contributed by atoms with Gasteiger partial charge in [0.25, 0.3) is 0 Å². The Hall–Kier alpha value is -1.60. The van der Waals surface area contributed by atoms with Crippen LogP contribution >= 0.6 is 0 Å². The molecule has 1 atom stereocenters. The molecular formula is C14H13O. The Morgan fingerprint density at radius 3 is 1.93 bits per heavy atom. The third-order valence-corrected chi connectivity index (χ3v) is 2.29. The molecule has 2 aromatic rings. The third-order valence-electron chi connectivity index (χ3n) is 2.29. The van der Waals surface area contributed by atoms with Crippen molar-refractivity contribution in [2.75, 3.05) is 0 Å². The standard InChI is InChI=1S/C14H13O/c15-14(13-9-5-2-6-10-13)11-12-7-3-1-4-8-12/h1-11,14-15H. The molecule has 0 aliphatic rings. The van der Waals surface area contributed by atoms with Crippen LogP contribution in [0.5, 0.6) is 0 Å². The Kier molecular flexibility index (Phi) is 3.15. The van der Waals surface area contributed by atoms with Gasteiger partial charge < -0.3 is 5.11 Å². The maximum atomic E-state index is 9.92. The van der Waals surface area contributed by atoms with E-state index in [-0.39, 0.29) is 0 Å². The zero-order valence-electron chi connectivity index (χ0n) is 8.38. The lowest BCUT2D eigenvalue weighted by Gasteiger charge is -2.10. The topological polar surface area (TPSA) is 20.2 Å². The predicted octanol–water partition coefficient (Wildman–Crippen LogP) is 2.97. The van der Waals surface area contributed by atoms with E-state index < -0.39 is 6.10 Å². The zero-order chi connectivity index (χ0) is 10.5. The second kappa shape index (κ2) is 4.76. The molecule has 0 saturated heterocycles. The number of aliphatic hydroxyl groups excluding tert-OH is 1. The summed E-state index contributed by atoms with van der Waals surface area (Å²) in [6.45, 7) is 0. The number of benzene rings is 2. The van der Waals surface area contributed by atoms with Gasteiger partial charge in [0.15, 0.2) is 0 Å². The van der Waals surface area contributed by atoms with E-state index in [0.717, 1.165) is 11.1 Å². The lowest BCUT2D eigenvalue weighted by molar-refractivity contribution is 0.215. The molecule has 0 amide bonds. The fourth-order valence-electron chi connectivity index (χ4n) is 1.49. The van der Waals surface area contributed by atoms with Gasteiger partial charge in [-0.15, -0.1) is 0 Å². The Bertz CT molecular complexity index is 394. The number of aliphatic hydroxyl groups is 1. The molecule has 0 bridgehead atoms. The van der Waals surface area contributed by atoms with E-state index >= 15 is 0 Å². The summed E-state index contributed by atoms with van der Waals surface area (Å²) in [5.41, 5.74) is 1.95. The minimum atomic E-state index is -0.534. The molecule has 2 aromatic carbocycles. The Balaban J connectivity index is 2.08. The van der Waals surface area contributed by atoms with E-state index in [2.05, 4.69) is 0 Å². The van der Waals surface area contributed by atoms with E-state index in [1.54, 1.807) is 0 Å². The molecule has 1 unspecified atom stereocenters. The summed E-state index contributed by atoms with van der Waals surface area (Å²) in [4.78, 5) is 0. The van der Waals surface area contributed by atoms with Crippen molar-refractivity contribution in [2.45, 2.75) is 6.10 Å². The summed E-state index contributed by atoms with van der Waals surface area (Å²) >= 11 is 0. The van der Waals surface area contributed by atoms with Crippen LogP contribution in [-0.4, -0.2) is 5.11 Å². The van der Waals surface area contributed by atoms with Crippen molar-refractivity contribution in [3.8, 4) is 0 Å². The summed E-state index contributed by atoms with van der Waals surface area (Å²) in [5, 5.41) is 9.92. The van der Waals surface area contributed by atoms with Crippen LogP contribution in [-0.2, 0) is 0 Å². The first-order chi connectivity index (χ1) is 7.36. The molecule has 0 aliphatic heterocycles. The van der Waals surface area contributed by atoms with Crippen LogP contribution < -0.4 is 0 Å². The first-order valence-corrected chi connectivity index (χ1v) is 4.99. The first-order valence-electron chi connectivity index (χ1n) is 4.99. The maximum absolute atomic E-state index is 9.92. The lowest BCUT2D eigenvalue weighted by Crippen LogP contribution is -1.98. The molecule has 15 heavy (non-hydrogen) atoms. The lowest BCUT2D eigenvalue weighted by atomic mass is 10.0. The minimum Gasteiger partial charge on any atom is -0.388 e. The highest BCUT2D eigenvalue weighted by atomic mass is 16.3. The van der Waals surface area contributed by atoms with E-state index in [4.69, 9.17) is 0 Å². The van der Waals surface area contributed by atoms with Crippen LogP contribution in [0.1, 0.15) is 17.2 Å². The monoisotopic (exact) mass is 197 g/mol. The maximum Gasteiger partial charge on any atom is 0.0865 e. The normalized spacial score (nSPS) is 12.3. The van der Waals surface area contributed by atoms with Crippen molar-refractivity contribution in [1.29, 1.82) is 0 Å². The minimum absolute atomic E-state index is 0.534. The summed E-state index contributed by atoms with van der Waals surface area (Å²) in [7, 11) is 0. The summed E-state index contributed by atoms with van der Waals surface area (Å²) in [6.07, 6.45) is 1.31. The van der Waals surface area contributed by atoms with Crippen LogP contribution in [0.2, 0.25) is 0 Å². The fraction of sp³-hybridized carbons (Fsp3) is 0.0714. The number of hydrogen-bond acceptors (Lipinski definition) is 1. The average Bonchev–Trinajstić information content (AvgIpc) is 2.31. The SMILES string of the molecule is OC([CH]c1ccccc1)c1ccccc1. The quantitative estimate of drug-likeness (QED) is 0.802. The fourth-order valence-corrected chi connectivity index (χ4v) is 1.49. The van der Waals surface area contributed by atoms with Gasteiger partial charge in [-0.1, -0.05) is 60.7 Å².